The fraction of sp³-hybridized carbons (Fsp3) is 0. The van der Waals surface area contributed by atoms with Crippen molar-refractivity contribution in [3.8, 4) is 45.3 Å². The summed E-state index contributed by atoms with van der Waals surface area (Å²) in [7, 11) is 0. The Balaban J connectivity index is 1.05. The van der Waals surface area contributed by atoms with Crippen molar-refractivity contribution in [2.75, 3.05) is 0 Å². The second kappa shape index (κ2) is 10.7. The van der Waals surface area contributed by atoms with Gasteiger partial charge in [-0.05, 0) is 65.7 Å². The van der Waals surface area contributed by atoms with Gasteiger partial charge in [0.05, 0.1) is 5.56 Å². The molecule has 4 aromatic heterocycles. The van der Waals surface area contributed by atoms with E-state index in [0.29, 0.717) is 17.5 Å². The monoisotopic (exact) mass is 655 g/mol. The van der Waals surface area contributed by atoms with Gasteiger partial charge in [0.15, 0.2) is 17.5 Å². The van der Waals surface area contributed by atoms with Crippen LogP contribution in [0.2, 0.25) is 0 Å². The number of nitrogens with zero attached hydrogens (tertiary/aromatic N) is 3. The Kier molecular flexibility index (Phi) is 5.86. The highest BCUT2D eigenvalue weighted by molar-refractivity contribution is 6.10. The minimum atomic E-state index is 0.542. The van der Waals surface area contributed by atoms with Gasteiger partial charge in [-0.1, -0.05) is 97.1 Å². The van der Waals surface area contributed by atoms with Crippen LogP contribution in [0.25, 0.3) is 111 Å². The van der Waals surface area contributed by atoms with Gasteiger partial charge in [-0.2, -0.15) is 0 Å². The predicted octanol–water partition coefficient (Wildman–Crippen LogP) is 12.2. The molecule has 0 atom stereocenters. The zero-order valence-corrected chi connectivity index (χ0v) is 27.0. The number of fused-ring (bicyclic) bond motifs is 9. The van der Waals surface area contributed by atoms with Crippen LogP contribution in [0.4, 0.5) is 0 Å². The van der Waals surface area contributed by atoms with Gasteiger partial charge in [0, 0.05) is 43.4 Å². The van der Waals surface area contributed by atoms with Crippen molar-refractivity contribution in [3.63, 3.8) is 0 Å². The molecule has 51 heavy (non-hydrogen) atoms. The molecule has 0 bridgehead atoms. The fourth-order valence-corrected chi connectivity index (χ4v) is 7.27. The van der Waals surface area contributed by atoms with Gasteiger partial charge in [0.1, 0.15) is 33.5 Å². The molecule has 6 nitrogen and oxygen atoms in total. The molecule has 0 spiro atoms. The van der Waals surface area contributed by atoms with Crippen molar-refractivity contribution < 1.29 is 13.3 Å². The van der Waals surface area contributed by atoms with Gasteiger partial charge >= 0.3 is 0 Å². The molecule has 6 heteroatoms. The molecule has 0 aliphatic carbocycles. The van der Waals surface area contributed by atoms with E-state index in [0.717, 1.165) is 93.6 Å². The van der Waals surface area contributed by atoms with Crippen molar-refractivity contribution in [3.05, 3.63) is 152 Å². The minimum absolute atomic E-state index is 0.542. The molecule has 7 aromatic carbocycles. The summed E-state index contributed by atoms with van der Waals surface area (Å²) in [5.74, 6) is 1.68. The van der Waals surface area contributed by atoms with E-state index in [1.165, 1.54) is 0 Å². The van der Waals surface area contributed by atoms with E-state index in [4.69, 9.17) is 28.2 Å². The van der Waals surface area contributed by atoms with E-state index in [1.807, 2.05) is 91.0 Å². The maximum absolute atomic E-state index is 6.44. The van der Waals surface area contributed by atoms with E-state index in [1.54, 1.807) is 0 Å². The van der Waals surface area contributed by atoms with Gasteiger partial charge in [0.25, 0.3) is 0 Å². The quantitative estimate of drug-likeness (QED) is 0.188. The molecular weight excluding hydrogens is 631 g/mol. The Morgan fingerprint density at radius 1 is 0.294 bits per heavy atom. The Labute approximate surface area is 290 Å². The lowest BCUT2D eigenvalue weighted by molar-refractivity contribution is 0.668. The third-order valence-electron chi connectivity index (χ3n) is 9.75. The third kappa shape index (κ3) is 4.40. The average molecular weight is 656 g/mol. The van der Waals surface area contributed by atoms with Crippen LogP contribution in [0.5, 0.6) is 0 Å². The number of rotatable bonds is 4. The largest absolute Gasteiger partial charge is 0.456 e. The molecule has 11 rings (SSSR count). The molecule has 238 valence electrons. The van der Waals surface area contributed by atoms with E-state index in [9.17, 15) is 0 Å². The third-order valence-corrected chi connectivity index (χ3v) is 9.75. The standard InChI is InChI=1S/C45H25N3O3/c1-2-9-26(10-3-1)43-46-44(48-45(47-43)34-14-8-13-33-30-11-4-7-16-38(30)51-42(33)34)29-17-20-32-36-24-28(19-22-40(36)50-41(32)25-29)27-18-21-39-35(23-27)31-12-5-6-15-37(31)49-39/h1-25H. The van der Waals surface area contributed by atoms with Crippen LogP contribution in [-0.2, 0) is 0 Å². The van der Waals surface area contributed by atoms with Crippen LogP contribution in [0.15, 0.2) is 165 Å². The van der Waals surface area contributed by atoms with Crippen LogP contribution in [-0.4, -0.2) is 15.0 Å². The summed E-state index contributed by atoms with van der Waals surface area (Å²) in [5.41, 5.74) is 9.70. The fourth-order valence-electron chi connectivity index (χ4n) is 7.27. The summed E-state index contributed by atoms with van der Waals surface area (Å²) in [4.78, 5) is 15.0. The van der Waals surface area contributed by atoms with Gasteiger partial charge in [0.2, 0.25) is 0 Å². The first-order chi connectivity index (χ1) is 25.2. The first-order valence-electron chi connectivity index (χ1n) is 16.8. The smallest absolute Gasteiger partial charge is 0.167 e. The molecule has 0 amide bonds. The second-order valence-corrected chi connectivity index (χ2v) is 12.8. The van der Waals surface area contributed by atoms with Crippen LogP contribution in [0.1, 0.15) is 0 Å². The maximum atomic E-state index is 6.44. The lowest BCUT2D eigenvalue weighted by Gasteiger charge is -2.09. The summed E-state index contributed by atoms with van der Waals surface area (Å²) in [6.07, 6.45) is 0. The Bertz CT molecular complexity index is 3150. The van der Waals surface area contributed by atoms with Crippen LogP contribution in [0, 0.1) is 0 Å². The van der Waals surface area contributed by atoms with Gasteiger partial charge < -0.3 is 13.3 Å². The zero-order chi connectivity index (χ0) is 33.5. The van der Waals surface area contributed by atoms with Crippen molar-refractivity contribution in [1.82, 2.24) is 15.0 Å². The number of aromatic nitrogens is 3. The molecule has 0 aliphatic heterocycles. The Morgan fingerprint density at radius 2 is 0.824 bits per heavy atom. The minimum Gasteiger partial charge on any atom is -0.456 e. The van der Waals surface area contributed by atoms with E-state index in [-0.39, 0.29) is 0 Å². The van der Waals surface area contributed by atoms with Gasteiger partial charge in [-0.25, -0.2) is 15.0 Å². The number of hydrogen-bond acceptors (Lipinski definition) is 6. The molecule has 0 radical (unpaired) electrons. The molecule has 0 unspecified atom stereocenters. The predicted molar refractivity (Wildman–Crippen MR) is 203 cm³/mol. The number of benzene rings is 7. The second-order valence-electron chi connectivity index (χ2n) is 12.8. The highest BCUT2D eigenvalue weighted by Crippen LogP contribution is 2.38. The Hall–Kier alpha value is -7.05. The molecule has 11 aromatic rings. The lowest BCUT2D eigenvalue weighted by Crippen LogP contribution is -2.00. The van der Waals surface area contributed by atoms with Crippen molar-refractivity contribution in [1.29, 1.82) is 0 Å². The first kappa shape index (κ1) is 27.9. The van der Waals surface area contributed by atoms with E-state index < -0.39 is 0 Å². The highest BCUT2D eigenvalue weighted by Gasteiger charge is 2.19. The summed E-state index contributed by atoms with van der Waals surface area (Å²) in [6.45, 7) is 0. The van der Waals surface area contributed by atoms with Crippen molar-refractivity contribution in [2.24, 2.45) is 0 Å². The topological polar surface area (TPSA) is 78.1 Å². The molecule has 0 fully saturated rings. The van der Waals surface area contributed by atoms with Gasteiger partial charge in [-0.15, -0.1) is 0 Å². The lowest BCUT2D eigenvalue weighted by atomic mass is 10.0. The summed E-state index contributed by atoms with van der Waals surface area (Å²) in [6, 6.07) is 51.2. The first-order valence-corrected chi connectivity index (χ1v) is 16.8. The van der Waals surface area contributed by atoms with E-state index in [2.05, 4.69) is 60.7 Å². The summed E-state index contributed by atoms with van der Waals surface area (Å²) in [5, 5.41) is 6.36. The normalized spacial score (nSPS) is 11.9. The maximum Gasteiger partial charge on any atom is 0.167 e. The van der Waals surface area contributed by atoms with Crippen LogP contribution in [0.3, 0.4) is 0 Å². The Morgan fingerprint density at radius 3 is 1.57 bits per heavy atom. The zero-order valence-electron chi connectivity index (χ0n) is 27.0. The average Bonchev–Trinajstić information content (AvgIpc) is 3.88. The van der Waals surface area contributed by atoms with Crippen LogP contribution < -0.4 is 0 Å². The van der Waals surface area contributed by atoms with Crippen molar-refractivity contribution in [2.45, 2.75) is 0 Å². The van der Waals surface area contributed by atoms with Crippen molar-refractivity contribution >= 4 is 65.8 Å². The van der Waals surface area contributed by atoms with E-state index >= 15 is 0 Å². The molecule has 0 saturated heterocycles. The highest BCUT2D eigenvalue weighted by atomic mass is 16.3. The summed E-state index contributed by atoms with van der Waals surface area (Å²) >= 11 is 0. The molecule has 0 aliphatic rings. The molecule has 4 heterocycles. The molecule has 0 saturated carbocycles. The molecule has 0 N–H and O–H groups in total. The molecular formula is C45H25N3O3. The number of furan rings is 3. The number of para-hydroxylation sites is 3. The van der Waals surface area contributed by atoms with Gasteiger partial charge in [-0.3, -0.25) is 0 Å². The number of hydrogen-bond donors (Lipinski definition) is 0. The SMILES string of the molecule is c1ccc(-c2nc(-c3ccc4c(c3)oc3ccc(-c5ccc6oc7ccccc7c6c5)cc34)nc(-c3cccc4c3oc3ccccc34)n2)cc1. The van der Waals surface area contributed by atoms with Crippen LogP contribution >= 0.6 is 0 Å². The summed E-state index contributed by atoms with van der Waals surface area (Å²) < 4.78 is 18.9.